The van der Waals surface area contributed by atoms with Gasteiger partial charge < -0.3 is 0 Å². The maximum Gasteiger partial charge on any atom is 0.417 e. The van der Waals surface area contributed by atoms with Gasteiger partial charge >= 0.3 is 6.18 Å². The first-order valence-electron chi connectivity index (χ1n) is 5.84. The molecule has 6 heteroatoms. The minimum absolute atomic E-state index is 0.252. The number of benzene rings is 1. The lowest BCUT2D eigenvalue weighted by Crippen LogP contribution is -2.05. The van der Waals surface area contributed by atoms with Crippen LogP contribution >= 0.6 is 0 Å². The predicted octanol–water partition coefficient (Wildman–Crippen LogP) is 3.85. The molecular formula is C14H12F3N3. The van der Waals surface area contributed by atoms with Gasteiger partial charge in [0, 0.05) is 6.20 Å². The van der Waals surface area contributed by atoms with Gasteiger partial charge in [-0.05, 0) is 24.6 Å². The van der Waals surface area contributed by atoms with Gasteiger partial charge in [0.15, 0.2) is 0 Å². The molecule has 0 atom stereocenters. The number of nitrogens with zero attached hydrogens (tertiary/aromatic N) is 2. The van der Waals surface area contributed by atoms with Crippen molar-refractivity contribution in [3.63, 3.8) is 0 Å². The first-order chi connectivity index (χ1) is 9.45. The van der Waals surface area contributed by atoms with E-state index < -0.39 is 11.7 Å². The number of rotatable bonds is 3. The van der Waals surface area contributed by atoms with Crippen LogP contribution in [0.15, 0.2) is 47.7 Å². The number of aryl methyl sites for hydroxylation is 1. The Balaban J connectivity index is 2.01. The summed E-state index contributed by atoms with van der Waals surface area (Å²) in [6.45, 7) is 1.96. The van der Waals surface area contributed by atoms with Crippen LogP contribution < -0.4 is 5.43 Å². The largest absolute Gasteiger partial charge is 0.417 e. The lowest BCUT2D eigenvalue weighted by molar-refractivity contribution is -0.137. The van der Waals surface area contributed by atoms with Crippen molar-refractivity contribution in [1.29, 1.82) is 0 Å². The number of hydrazone groups is 1. The number of hydrogen-bond donors (Lipinski definition) is 1. The molecule has 2 aromatic rings. The zero-order chi connectivity index (χ0) is 14.6. The number of pyridine rings is 1. The molecule has 0 spiro atoms. The molecule has 0 unspecified atom stereocenters. The van der Waals surface area contributed by atoms with Crippen LogP contribution in [0.25, 0.3) is 0 Å². The van der Waals surface area contributed by atoms with Crippen molar-refractivity contribution < 1.29 is 13.2 Å². The zero-order valence-electron chi connectivity index (χ0n) is 10.6. The highest BCUT2D eigenvalue weighted by atomic mass is 19.4. The minimum atomic E-state index is -4.38. The maximum atomic E-state index is 12.3. The third-order valence-corrected chi connectivity index (χ3v) is 2.53. The fourth-order valence-corrected chi connectivity index (χ4v) is 1.55. The average Bonchev–Trinajstić information content (AvgIpc) is 2.38. The molecule has 1 aromatic heterocycles. The summed E-state index contributed by atoms with van der Waals surface area (Å²) in [6, 6.07) is 9.85. The van der Waals surface area contributed by atoms with Crippen LogP contribution in [0.4, 0.5) is 19.0 Å². The lowest BCUT2D eigenvalue weighted by atomic mass is 10.2. The Bertz CT molecular complexity index is 604. The summed E-state index contributed by atoms with van der Waals surface area (Å²) in [5, 5.41) is 3.93. The highest BCUT2D eigenvalue weighted by Crippen LogP contribution is 2.28. The van der Waals surface area contributed by atoms with E-state index in [1.807, 2.05) is 31.2 Å². The summed E-state index contributed by atoms with van der Waals surface area (Å²) in [5.41, 5.74) is 3.79. The maximum absolute atomic E-state index is 12.3. The van der Waals surface area contributed by atoms with Crippen molar-refractivity contribution in [3.8, 4) is 0 Å². The SMILES string of the molecule is Cc1cccc(C=NNc2ccc(C(F)(F)F)cn2)c1. The summed E-state index contributed by atoms with van der Waals surface area (Å²) >= 11 is 0. The van der Waals surface area contributed by atoms with Crippen molar-refractivity contribution in [2.75, 3.05) is 5.43 Å². The van der Waals surface area contributed by atoms with Gasteiger partial charge in [-0.2, -0.15) is 18.3 Å². The van der Waals surface area contributed by atoms with Crippen LogP contribution in [-0.4, -0.2) is 11.2 Å². The van der Waals surface area contributed by atoms with E-state index in [0.29, 0.717) is 0 Å². The van der Waals surface area contributed by atoms with Gasteiger partial charge in [0.1, 0.15) is 5.82 Å². The van der Waals surface area contributed by atoms with Gasteiger partial charge in [0.25, 0.3) is 0 Å². The standard InChI is InChI=1S/C14H12F3N3/c1-10-3-2-4-11(7-10)8-19-20-13-6-5-12(9-18-13)14(15,16)17/h2-9H,1H3,(H,18,20). The van der Waals surface area contributed by atoms with Gasteiger partial charge in [-0.1, -0.05) is 29.8 Å². The molecule has 0 saturated heterocycles. The normalized spacial score (nSPS) is 11.8. The summed E-state index contributed by atoms with van der Waals surface area (Å²) < 4.78 is 37.0. The van der Waals surface area contributed by atoms with Crippen molar-refractivity contribution >= 4 is 12.0 Å². The van der Waals surface area contributed by atoms with E-state index in [4.69, 9.17) is 0 Å². The van der Waals surface area contributed by atoms with Crippen LogP contribution in [0.5, 0.6) is 0 Å². The van der Waals surface area contributed by atoms with Gasteiger partial charge in [-0.3, -0.25) is 5.43 Å². The Kier molecular flexibility index (Phi) is 4.02. The molecule has 0 radical (unpaired) electrons. The van der Waals surface area contributed by atoms with Crippen molar-refractivity contribution in [2.24, 2.45) is 5.10 Å². The molecule has 0 aliphatic heterocycles. The average molecular weight is 279 g/mol. The van der Waals surface area contributed by atoms with Gasteiger partial charge in [0.2, 0.25) is 0 Å². The first-order valence-corrected chi connectivity index (χ1v) is 5.84. The quantitative estimate of drug-likeness (QED) is 0.684. The van der Waals surface area contributed by atoms with E-state index in [1.54, 1.807) is 6.21 Å². The Morgan fingerprint density at radius 1 is 1.20 bits per heavy atom. The van der Waals surface area contributed by atoms with E-state index in [-0.39, 0.29) is 5.82 Å². The van der Waals surface area contributed by atoms with Crippen LogP contribution in [0.3, 0.4) is 0 Å². The van der Waals surface area contributed by atoms with E-state index in [2.05, 4.69) is 15.5 Å². The smallest absolute Gasteiger partial charge is 0.261 e. The Hall–Kier alpha value is -2.37. The van der Waals surface area contributed by atoms with Crippen LogP contribution in [0, 0.1) is 6.92 Å². The van der Waals surface area contributed by atoms with E-state index in [0.717, 1.165) is 23.4 Å². The highest BCUT2D eigenvalue weighted by molar-refractivity contribution is 5.80. The lowest BCUT2D eigenvalue weighted by Gasteiger charge is -2.06. The topological polar surface area (TPSA) is 37.3 Å². The second-order valence-corrected chi connectivity index (χ2v) is 4.21. The molecule has 0 amide bonds. The highest BCUT2D eigenvalue weighted by Gasteiger charge is 2.30. The number of aromatic nitrogens is 1. The molecular weight excluding hydrogens is 267 g/mol. The van der Waals surface area contributed by atoms with Crippen molar-refractivity contribution in [2.45, 2.75) is 13.1 Å². The molecule has 104 valence electrons. The summed E-state index contributed by atoms with van der Waals surface area (Å²) in [5.74, 6) is 0.252. The molecule has 2 rings (SSSR count). The molecule has 0 fully saturated rings. The molecule has 0 saturated carbocycles. The third kappa shape index (κ3) is 3.81. The second kappa shape index (κ2) is 5.73. The molecule has 1 N–H and O–H groups in total. The van der Waals surface area contributed by atoms with Crippen molar-refractivity contribution in [1.82, 2.24) is 4.98 Å². The number of halogens is 3. The second-order valence-electron chi connectivity index (χ2n) is 4.21. The molecule has 1 heterocycles. The summed E-state index contributed by atoms with van der Waals surface area (Å²) in [4.78, 5) is 3.65. The molecule has 0 aliphatic carbocycles. The minimum Gasteiger partial charge on any atom is -0.261 e. The monoisotopic (exact) mass is 279 g/mol. The van der Waals surface area contributed by atoms with Crippen molar-refractivity contribution in [3.05, 3.63) is 59.3 Å². The predicted molar refractivity (Wildman–Crippen MR) is 71.6 cm³/mol. The molecule has 1 aromatic carbocycles. The Labute approximate surface area is 114 Å². The first kappa shape index (κ1) is 14.0. The zero-order valence-corrected chi connectivity index (χ0v) is 10.6. The number of anilines is 1. The Morgan fingerprint density at radius 2 is 2.00 bits per heavy atom. The van der Waals surface area contributed by atoms with Crippen LogP contribution in [-0.2, 0) is 6.18 Å². The van der Waals surface area contributed by atoms with Crippen LogP contribution in [0.1, 0.15) is 16.7 Å². The summed E-state index contributed by atoms with van der Waals surface area (Å²) in [6.07, 6.45) is -2.03. The van der Waals surface area contributed by atoms with Gasteiger partial charge in [-0.25, -0.2) is 4.98 Å². The fourth-order valence-electron chi connectivity index (χ4n) is 1.55. The van der Waals surface area contributed by atoms with Gasteiger partial charge in [-0.15, -0.1) is 0 Å². The van der Waals surface area contributed by atoms with Gasteiger partial charge in [0.05, 0.1) is 11.8 Å². The molecule has 20 heavy (non-hydrogen) atoms. The number of hydrogen-bond acceptors (Lipinski definition) is 3. The molecule has 0 bridgehead atoms. The van der Waals surface area contributed by atoms with E-state index in [9.17, 15) is 13.2 Å². The fraction of sp³-hybridized carbons (Fsp3) is 0.143. The van der Waals surface area contributed by atoms with Crippen LogP contribution in [0.2, 0.25) is 0 Å². The Morgan fingerprint density at radius 3 is 2.60 bits per heavy atom. The summed E-state index contributed by atoms with van der Waals surface area (Å²) in [7, 11) is 0. The van der Waals surface area contributed by atoms with E-state index >= 15 is 0 Å². The van der Waals surface area contributed by atoms with E-state index in [1.165, 1.54) is 6.07 Å². The molecule has 3 nitrogen and oxygen atoms in total. The third-order valence-electron chi connectivity index (χ3n) is 2.53. The number of alkyl halides is 3. The molecule has 0 aliphatic rings. The number of nitrogens with one attached hydrogen (secondary N) is 1.